The first-order valence-electron chi connectivity index (χ1n) is 10.1. The Morgan fingerprint density at radius 3 is 2.68 bits per heavy atom. The summed E-state index contributed by atoms with van der Waals surface area (Å²) in [5.41, 5.74) is 4.25. The third kappa shape index (κ3) is 5.14. The van der Waals surface area contributed by atoms with Crippen LogP contribution in [0.3, 0.4) is 0 Å². The zero-order chi connectivity index (χ0) is 23.9. The molecular weight excluding hydrogens is 440 g/mol. The van der Waals surface area contributed by atoms with E-state index in [1.807, 2.05) is 12.1 Å². The third-order valence-electron chi connectivity index (χ3n) is 4.72. The van der Waals surface area contributed by atoms with Crippen molar-refractivity contribution in [3.05, 3.63) is 111 Å². The first kappa shape index (κ1) is 22.4. The Labute approximate surface area is 193 Å². The molecule has 4 rings (SSSR count). The van der Waals surface area contributed by atoms with Gasteiger partial charge in [0.2, 0.25) is 11.8 Å². The van der Waals surface area contributed by atoms with Crippen molar-refractivity contribution in [3.8, 4) is 23.1 Å². The van der Waals surface area contributed by atoms with Crippen LogP contribution in [0.5, 0.6) is 5.75 Å². The molecule has 1 heterocycles. The van der Waals surface area contributed by atoms with Gasteiger partial charge in [-0.1, -0.05) is 54.6 Å². The highest BCUT2D eigenvalue weighted by atomic mass is 19.2. The smallest absolute Gasteiger partial charge is 0.270 e. The van der Waals surface area contributed by atoms with Gasteiger partial charge in [0.05, 0.1) is 11.9 Å². The lowest BCUT2D eigenvalue weighted by Gasteiger charge is -2.08. The maximum atomic E-state index is 13.7. The van der Waals surface area contributed by atoms with E-state index in [4.69, 9.17) is 4.74 Å². The minimum Gasteiger partial charge on any atom is -0.486 e. The molecular formula is C25H17F2N5O2. The van der Waals surface area contributed by atoms with Crippen molar-refractivity contribution in [1.82, 2.24) is 9.97 Å². The molecule has 0 aliphatic heterocycles. The first-order chi connectivity index (χ1) is 16.5. The largest absolute Gasteiger partial charge is 0.486 e. The number of anilines is 1. The van der Waals surface area contributed by atoms with Gasteiger partial charge in [-0.15, -0.1) is 0 Å². The lowest BCUT2D eigenvalue weighted by molar-refractivity contribution is 0.284. The predicted octanol–water partition coefficient (Wildman–Crippen LogP) is 4.61. The summed E-state index contributed by atoms with van der Waals surface area (Å²) in [5, 5.41) is 13.4. The molecule has 1 aromatic heterocycles. The Balaban J connectivity index is 1.48. The summed E-state index contributed by atoms with van der Waals surface area (Å²) in [4.78, 5) is 19.1. The predicted molar refractivity (Wildman–Crippen MR) is 123 cm³/mol. The number of halogens is 2. The lowest BCUT2D eigenvalue weighted by atomic mass is 10.1. The molecule has 0 saturated carbocycles. The molecule has 2 N–H and O–H groups in total. The van der Waals surface area contributed by atoms with Gasteiger partial charge in [-0.2, -0.15) is 14.8 Å². The summed E-state index contributed by atoms with van der Waals surface area (Å²) in [7, 11) is 0. The maximum Gasteiger partial charge on any atom is 0.270 e. The van der Waals surface area contributed by atoms with Crippen LogP contribution in [-0.4, -0.2) is 16.2 Å². The Hall–Kier alpha value is -4.84. The topological polar surface area (TPSA) is 103 Å². The number of nitrogens with one attached hydrogen (secondary N) is 2. The molecule has 0 aliphatic rings. The summed E-state index contributed by atoms with van der Waals surface area (Å²) < 4.78 is 32.4. The van der Waals surface area contributed by atoms with Gasteiger partial charge in [-0.05, 0) is 29.3 Å². The molecule has 9 heteroatoms. The third-order valence-corrected chi connectivity index (χ3v) is 4.72. The number of hydrogen-bond acceptors (Lipinski definition) is 6. The Morgan fingerprint density at radius 2 is 1.88 bits per heavy atom. The number of H-pyrrole nitrogens is 1. The zero-order valence-corrected chi connectivity index (χ0v) is 17.6. The van der Waals surface area contributed by atoms with Gasteiger partial charge in [-0.25, -0.2) is 14.8 Å². The van der Waals surface area contributed by atoms with Gasteiger partial charge in [-0.3, -0.25) is 9.78 Å². The summed E-state index contributed by atoms with van der Waals surface area (Å²) >= 11 is 0. The Morgan fingerprint density at radius 1 is 1.09 bits per heavy atom. The number of rotatable bonds is 7. The molecule has 0 atom stereocenters. The highest BCUT2D eigenvalue weighted by Gasteiger charge is 2.13. The van der Waals surface area contributed by atoms with Crippen molar-refractivity contribution in [3.63, 3.8) is 0 Å². The van der Waals surface area contributed by atoms with Gasteiger partial charge >= 0.3 is 0 Å². The Kier molecular flexibility index (Phi) is 6.70. The summed E-state index contributed by atoms with van der Waals surface area (Å²) in [6.45, 7) is 0.0282. The van der Waals surface area contributed by atoms with Crippen LogP contribution in [0.15, 0.2) is 82.7 Å². The first-order valence-corrected chi connectivity index (χ1v) is 10.1. The standard InChI is InChI=1S/C25H17F2N5O2/c26-20-10-5-11-21(22(20)27)34-15-17-7-4-6-16(12-17)14-29-32-25-30-23(18-8-2-1-3-9-18)19(13-28)24(33)31-25/h1-12,14H,15H2,(H2,30,31,32,33). The second-order valence-corrected chi connectivity index (χ2v) is 7.07. The Bertz CT molecular complexity index is 1450. The van der Waals surface area contributed by atoms with Crippen molar-refractivity contribution in [2.24, 2.45) is 5.10 Å². The number of ether oxygens (including phenoxy) is 1. The number of hydrazone groups is 1. The van der Waals surface area contributed by atoms with Crippen molar-refractivity contribution in [2.45, 2.75) is 6.61 Å². The van der Waals surface area contributed by atoms with E-state index in [-0.39, 0.29) is 29.6 Å². The van der Waals surface area contributed by atoms with Crippen LogP contribution in [0.4, 0.5) is 14.7 Å². The highest BCUT2D eigenvalue weighted by Crippen LogP contribution is 2.21. The second-order valence-electron chi connectivity index (χ2n) is 7.07. The summed E-state index contributed by atoms with van der Waals surface area (Å²) in [5.74, 6) is -2.12. The quantitative estimate of drug-likeness (QED) is 0.312. The van der Waals surface area contributed by atoms with E-state index in [9.17, 15) is 18.8 Å². The van der Waals surface area contributed by atoms with Crippen LogP contribution in [0.1, 0.15) is 16.7 Å². The van der Waals surface area contributed by atoms with Crippen molar-refractivity contribution in [1.29, 1.82) is 5.26 Å². The molecule has 0 unspecified atom stereocenters. The molecule has 4 aromatic rings. The SMILES string of the molecule is N#Cc1c(-c2ccccc2)nc(NN=Cc2cccc(COc3cccc(F)c3F)c2)[nH]c1=O. The van der Waals surface area contributed by atoms with Gasteiger partial charge in [0.15, 0.2) is 11.6 Å². The van der Waals surface area contributed by atoms with E-state index in [1.165, 1.54) is 18.3 Å². The zero-order valence-electron chi connectivity index (χ0n) is 17.6. The summed E-state index contributed by atoms with van der Waals surface area (Å²) in [6, 6.07) is 21.6. The minimum atomic E-state index is -1.04. The number of aromatic amines is 1. The molecule has 3 aromatic carbocycles. The van der Waals surface area contributed by atoms with E-state index in [2.05, 4.69) is 20.5 Å². The van der Waals surface area contributed by atoms with Gasteiger partial charge in [0.25, 0.3) is 5.56 Å². The van der Waals surface area contributed by atoms with Crippen LogP contribution in [0.2, 0.25) is 0 Å². The average Bonchev–Trinajstić information content (AvgIpc) is 2.85. The van der Waals surface area contributed by atoms with E-state index >= 15 is 0 Å². The molecule has 0 radical (unpaired) electrons. The molecule has 0 bridgehead atoms. The molecule has 168 valence electrons. The molecule has 0 aliphatic carbocycles. The molecule has 0 saturated heterocycles. The van der Waals surface area contributed by atoms with E-state index in [1.54, 1.807) is 48.5 Å². The maximum absolute atomic E-state index is 13.7. The second kappa shape index (κ2) is 10.2. The normalized spacial score (nSPS) is 10.7. The van der Waals surface area contributed by atoms with Crippen molar-refractivity contribution < 1.29 is 13.5 Å². The van der Waals surface area contributed by atoms with Crippen LogP contribution < -0.4 is 15.7 Å². The molecule has 7 nitrogen and oxygen atoms in total. The van der Waals surface area contributed by atoms with Crippen LogP contribution in [0, 0.1) is 23.0 Å². The minimum absolute atomic E-state index is 0.0282. The van der Waals surface area contributed by atoms with E-state index in [0.717, 1.165) is 6.07 Å². The molecule has 0 fully saturated rings. The van der Waals surface area contributed by atoms with Crippen molar-refractivity contribution in [2.75, 3.05) is 5.43 Å². The van der Waals surface area contributed by atoms with E-state index in [0.29, 0.717) is 16.7 Å². The average molecular weight is 457 g/mol. The lowest BCUT2D eigenvalue weighted by Crippen LogP contribution is -2.16. The van der Waals surface area contributed by atoms with Gasteiger partial charge < -0.3 is 4.74 Å². The van der Waals surface area contributed by atoms with Gasteiger partial charge in [0.1, 0.15) is 18.2 Å². The van der Waals surface area contributed by atoms with E-state index < -0.39 is 17.2 Å². The summed E-state index contributed by atoms with van der Waals surface area (Å²) in [6.07, 6.45) is 1.49. The number of aromatic nitrogens is 2. The number of hydrogen-bond donors (Lipinski definition) is 2. The fraction of sp³-hybridized carbons (Fsp3) is 0.0400. The fourth-order valence-electron chi connectivity index (χ4n) is 3.12. The fourth-order valence-corrected chi connectivity index (χ4v) is 3.12. The number of nitrogens with zero attached hydrogens (tertiary/aromatic N) is 3. The monoisotopic (exact) mass is 457 g/mol. The molecule has 0 amide bonds. The van der Waals surface area contributed by atoms with Crippen LogP contribution in [0.25, 0.3) is 11.3 Å². The molecule has 0 spiro atoms. The highest BCUT2D eigenvalue weighted by molar-refractivity contribution is 5.80. The molecule has 34 heavy (non-hydrogen) atoms. The number of nitriles is 1. The van der Waals surface area contributed by atoms with Gasteiger partial charge in [0, 0.05) is 5.56 Å². The number of benzene rings is 3. The van der Waals surface area contributed by atoms with Crippen molar-refractivity contribution >= 4 is 12.2 Å². The van der Waals surface area contributed by atoms with Crippen LogP contribution >= 0.6 is 0 Å². The van der Waals surface area contributed by atoms with Crippen LogP contribution in [-0.2, 0) is 6.61 Å².